The Kier molecular flexibility index (Phi) is 2.33. The second-order valence-corrected chi connectivity index (χ2v) is 3.73. The number of fused-ring (bicyclic) bond motifs is 1. The summed E-state index contributed by atoms with van der Waals surface area (Å²) in [5.41, 5.74) is 1.84. The average molecular weight is 242 g/mol. The molecule has 0 atom stereocenters. The average Bonchev–Trinajstić information content (AvgIpc) is 3.06. The number of hydrogen-bond donors (Lipinski definition) is 1. The highest BCUT2D eigenvalue weighted by Gasteiger charge is 2.14. The third kappa shape index (κ3) is 1.55. The number of nitrogens with one attached hydrogen (secondary N) is 1. The molecule has 6 heteroatoms. The van der Waals surface area contributed by atoms with Crippen molar-refractivity contribution in [1.29, 1.82) is 0 Å². The predicted octanol–water partition coefficient (Wildman–Crippen LogP) is 1.54. The number of methoxy groups -OCH3 is 1. The van der Waals surface area contributed by atoms with Crippen molar-refractivity contribution in [3.8, 4) is 5.82 Å². The third-order valence-corrected chi connectivity index (χ3v) is 2.68. The van der Waals surface area contributed by atoms with Crippen molar-refractivity contribution < 1.29 is 9.53 Å². The Hall–Kier alpha value is -2.63. The topological polar surface area (TPSA) is 72.8 Å². The van der Waals surface area contributed by atoms with Crippen LogP contribution in [-0.4, -0.2) is 32.6 Å². The maximum absolute atomic E-state index is 11.8. The second-order valence-electron chi connectivity index (χ2n) is 3.73. The SMILES string of the molecule is COC(=O)c1cc(-n2ccnc2)nc2cc[nH]c12. The van der Waals surface area contributed by atoms with Gasteiger partial charge < -0.3 is 9.72 Å². The van der Waals surface area contributed by atoms with Crippen LogP contribution in [-0.2, 0) is 4.74 Å². The highest BCUT2D eigenvalue weighted by molar-refractivity contribution is 6.02. The van der Waals surface area contributed by atoms with E-state index < -0.39 is 5.97 Å². The number of rotatable bonds is 2. The molecule has 6 nitrogen and oxygen atoms in total. The molecule has 1 N–H and O–H groups in total. The zero-order valence-electron chi connectivity index (χ0n) is 9.62. The molecule has 18 heavy (non-hydrogen) atoms. The summed E-state index contributed by atoms with van der Waals surface area (Å²) >= 11 is 0. The van der Waals surface area contributed by atoms with Gasteiger partial charge in [-0.15, -0.1) is 0 Å². The first-order valence-corrected chi connectivity index (χ1v) is 5.34. The Bertz CT molecular complexity index is 700. The van der Waals surface area contributed by atoms with Crippen molar-refractivity contribution in [3.63, 3.8) is 0 Å². The van der Waals surface area contributed by atoms with Crippen molar-refractivity contribution in [2.45, 2.75) is 0 Å². The molecule has 0 amide bonds. The number of nitrogens with zero attached hydrogens (tertiary/aromatic N) is 3. The Morgan fingerprint density at radius 3 is 3.11 bits per heavy atom. The van der Waals surface area contributed by atoms with E-state index in [1.807, 2.05) is 6.07 Å². The van der Waals surface area contributed by atoms with Crippen LogP contribution in [0.2, 0.25) is 0 Å². The van der Waals surface area contributed by atoms with Gasteiger partial charge in [0.1, 0.15) is 12.1 Å². The number of esters is 1. The van der Waals surface area contributed by atoms with E-state index in [2.05, 4.69) is 15.0 Å². The van der Waals surface area contributed by atoms with E-state index >= 15 is 0 Å². The molecule has 0 aliphatic heterocycles. The van der Waals surface area contributed by atoms with Crippen molar-refractivity contribution in [2.24, 2.45) is 0 Å². The monoisotopic (exact) mass is 242 g/mol. The Labute approximate surface area is 102 Å². The second kappa shape index (κ2) is 3.99. The normalized spacial score (nSPS) is 10.7. The summed E-state index contributed by atoms with van der Waals surface area (Å²) < 4.78 is 6.51. The van der Waals surface area contributed by atoms with Gasteiger partial charge in [-0.2, -0.15) is 0 Å². The van der Waals surface area contributed by atoms with Gasteiger partial charge in [0.2, 0.25) is 0 Å². The molecule has 0 fully saturated rings. The minimum absolute atomic E-state index is 0.397. The largest absolute Gasteiger partial charge is 0.465 e. The number of H-pyrrole nitrogens is 1. The molecule has 0 saturated carbocycles. The molecule has 3 rings (SSSR count). The van der Waals surface area contributed by atoms with Crippen LogP contribution in [0.25, 0.3) is 16.9 Å². The highest BCUT2D eigenvalue weighted by atomic mass is 16.5. The molecular formula is C12H10N4O2. The zero-order valence-corrected chi connectivity index (χ0v) is 9.62. The molecule has 0 saturated heterocycles. The van der Waals surface area contributed by atoms with E-state index in [9.17, 15) is 4.79 Å². The number of hydrogen-bond acceptors (Lipinski definition) is 4. The summed E-state index contributed by atoms with van der Waals surface area (Å²) in [6, 6.07) is 3.48. The molecule has 3 heterocycles. The third-order valence-electron chi connectivity index (χ3n) is 2.68. The van der Waals surface area contributed by atoms with E-state index in [1.54, 1.807) is 35.6 Å². The van der Waals surface area contributed by atoms with Crippen LogP contribution in [0.15, 0.2) is 37.1 Å². The molecule has 0 unspecified atom stereocenters. The van der Waals surface area contributed by atoms with Gasteiger partial charge in [-0.3, -0.25) is 4.57 Å². The number of ether oxygens (including phenoxy) is 1. The molecule has 0 aliphatic rings. The van der Waals surface area contributed by atoms with Crippen molar-refractivity contribution in [2.75, 3.05) is 7.11 Å². The number of pyridine rings is 1. The summed E-state index contributed by atoms with van der Waals surface area (Å²) in [6.45, 7) is 0. The van der Waals surface area contributed by atoms with Gasteiger partial charge in [-0.25, -0.2) is 14.8 Å². The van der Waals surface area contributed by atoms with Crippen LogP contribution in [0.4, 0.5) is 0 Å². The molecule has 3 aromatic rings. The number of aromatic amines is 1. The number of aromatic nitrogens is 4. The number of carbonyl (C=O) groups is 1. The fraction of sp³-hybridized carbons (Fsp3) is 0.0833. The summed E-state index contributed by atoms with van der Waals surface area (Å²) in [7, 11) is 1.36. The first-order chi connectivity index (χ1) is 8.79. The molecule has 0 bridgehead atoms. The van der Waals surface area contributed by atoms with Crippen LogP contribution in [0.1, 0.15) is 10.4 Å². The first-order valence-electron chi connectivity index (χ1n) is 5.34. The van der Waals surface area contributed by atoms with Crippen molar-refractivity contribution in [1.82, 2.24) is 19.5 Å². The van der Waals surface area contributed by atoms with Crippen molar-refractivity contribution >= 4 is 17.0 Å². The number of carbonyl (C=O) groups excluding carboxylic acids is 1. The van der Waals surface area contributed by atoms with E-state index in [-0.39, 0.29) is 0 Å². The molecule has 0 radical (unpaired) electrons. The molecular weight excluding hydrogens is 232 g/mol. The van der Waals surface area contributed by atoms with Crippen LogP contribution in [0.3, 0.4) is 0 Å². The maximum atomic E-state index is 11.8. The van der Waals surface area contributed by atoms with E-state index in [0.29, 0.717) is 22.4 Å². The lowest BCUT2D eigenvalue weighted by molar-refractivity contribution is 0.0602. The van der Waals surface area contributed by atoms with E-state index in [0.717, 1.165) is 0 Å². The van der Waals surface area contributed by atoms with Gasteiger partial charge in [0.25, 0.3) is 0 Å². The van der Waals surface area contributed by atoms with Gasteiger partial charge >= 0.3 is 5.97 Å². The maximum Gasteiger partial charge on any atom is 0.340 e. The summed E-state index contributed by atoms with van der Waals surface area (Å²) in [4.78, 5) is 23.1. The van der Waals surface area contributed by atoms with Crippen LogP contribution < -0.4 is 0 Å². The smallest absolute Gasteiger partial charge is 0.340 e. The molecule has 0 aromatic carbocycles. The van der Waals surface area contributed by atoms with Crippen LogP contribution in [0.5, 0.6) is 0 Å². The van der Waals surface area contributed by atoms with Gasteiger partial charge in [-0.1, -0.05) is 0 Å². The summed E-state index contributed by atoms with van der Waals surface area (Å²) in [5.74, 6) is 0.228. The van der Waals surface area contributed by atoms with Crippen LogP contribution >= 0.6 is 0 Å². The van der Waals surface area contributed by atoms with E-state index in [1.165, 1.54) is 7.11 Å². The van der Waals surface area contributed by atoms with Gasteiger partial charge in [0, 0.05) is 18.6 Å². The van der Waals surface area contributed by atoms with Crippen molar-refractivity contribution in [3.05, 3.63) is 42.6 Å². The Morgan fingerprint density at radius 2 is 2.39 bits per heavy atom. The van der Waals surface area contributed by atoms with Gasteiger partial charge in [0.05, 0.1) is 23.7 Å². The zero-order chi connectivity index (χ0) is 12.5. The summed E-state index contributed by atoms with van der Waals surface area (Å²) in [5, 5.41) is 0. The lowest BCUT2D eigenvalue weighted by atomic mass is 10.2. The standard InChI is InChI=1S/C12H10N4O2/c1-18-12(17)8-6-10(16-5-4-13-7-16)15-9-2-3-14-11(8)9/h2-7,14H,1H3. The van der Waals surface area contributed by atoms with Crippen LogP contribution in [0, 0.1) is 0 Å². The number of imidazole rings is 1. The molecule has 0 aliphatic carbocycles. The fourth-order valence-corrected chi connectivity index (χ4v) is 1.82. The van der Waals surface area contributed by atoms with E-state index in [4.69, 9.17) is 4.74 Å². The Balaban J connectivity index is 2.26. The molecule has 3 aromatic heterocycles. The van der Waals surface area contributed by atoms with Gasteiger partial charge in [0.15, 0.2) is 0 Å². The lowest BCUT2D eigenvalue weighted by Crippen LogP contribution is -2.05. The molecule has 90 valence electrons. The first kappa shape index (κ1) is 10.5. The quantitative estimate of drug-likeness (QED) is 0.692. The minimum Gasteiger partial charge on any atom is -0.465 e. The fourth-order valence-electron chi connectivity index (χ4n) is 1.82. The minimum atomic E-state index is -0.397. The molecule has 0 spiro atoms. The summed E-state index contributed by atoms with van der Waals surface area (Å²) in [6.07, 6.45) is 6.78. The Morgan fingerprint density at radius 1 is 1.50 bits per heavy atom. The lowest BCUT2D eigenvalue weighted by Gasteiger charge is -2.05. The highest BCUT2D eigenvalue weighted by Crippen LogP contribution is 2.19. The predicted molar refractivity (Wildman–Crippen MR) is 64.6 cm³/mol. The van der Waals surface area contributed by atoms with Gasteiger partial charge in [-0.05, 0) is 12.1 Å².